The smallest absolute Gasteiger partial charge is 0.255 e. The van der Waals surface area contributed by atoms with Gasteiger partial charge in [0.25, 0.3) is 5.91 Å². The van der Waals surface area contributed by atoms with Gasteiger partial charge in [-0.05, 0) is 13.0 Å². The molecule has 15 heavy (non-hydrogen) atoms. The predicted octanol–water partition coefficient (Wildman–Crippen LogP) is 0.636. The minimum Gasteiger partial charge on any atom is -0.469 e. The number of furan rings is 1. The Hall–Kier alpha value is -2.11. The Morgan fingerprint density at radius 1 is 1.67 bits per heavy atom. The molecule has 6 nitrogen and oxygen atoms in total. The van der Waals surface area contributed by atoms with Gasteiger partial charge in [0, 0.05) is 0 Å². The van der Waals surface area contributed by atoms with Gasteiger partial charge in [-0.2, -0.15) is 5.10 Å². The highest BCUT2D eigenvalue weighted by Gasteiger charge is 2.10. The van der Waals surface area contributed by atoms with Crippen LogP contribution in [0, 0.1) is 6.92 Å². The number of carbonyl (C=O) groups is 1. The Morgan fingerprint density at radius 2 is 2.53 bits per heavy atom. The van der Waals surface area contributed by atoms with Crippen molar-refractivity contribution in [2.45, 2.75) is 13.5 Å². The first kappa shape index (κ1) is 9.45. The van der Waals surface area contributed by atoms with E-state index < -0.39 is 0 Å². The third-order valence-electron chi connectivity index (χ3n) is 1.98. The fourth-order valence-corrected chi connectivity index (χ4v) is 1.20. The molecule has 0 aliphatic carbocycles. The van der Waals surface area contributed by atoms with E-state index in [1.165, 1.54) is 12.6 Å². The van der Waals surface area contributed by atoms with E-state index in [-0.39, 0.29) is 5.91 Å². The third kappa shape index (κ3) is 2.04. The van der Waals surface area contributed by atoms with E-state index in [4.69, 9.17) is 4.42 Å². The zero-order chi connectivity index (χ0) is 10.7. The van der Waals surface area contributed by atoms with Crippen LogP contribution in [0.15, 0.2) is 23.1 Å². The highest BCUT2D eigenvalue weighted by molar-refractivity contribution is 5.94. The summed E-state index contributed by atoms with van der Waals surface area (Å²) in [5, 5.41) is 9.02. The Morgan fingerprint density at radius 3 is 3.13 bits per heavy atom. The van der Waals surface area contributed by atoms with Crippen molar-refractivity contribution in [1.82, 2.24) is 20.5 Å². The van der Waals surface area contributed by atoms with Crippen molar-refractivity contribution in [2.24, 2.45) is 0 Å². The van der Waals surface area contributed by atoms with E-state index in [2.05, 4.69) is 20.5 Å². The van der Waals surface area contributed by atoms with E-state index in [9.17, 15) is 4.79 Å². The van der Waals surface area contributed by atoms with Gasteiger partial charge >= 0.3 is 0 Å². The van der Waals surface area contributed by atoms with Gasteiger partial charge in [0.1, 0.15) is 17.9 Å². The molecule has 78 valence electrons. The van der Waals surface area contributed by atoms with Crippen molar-refractivity contribution in [3.8, 4) is 0 Å². The second-order valence-electron chi connectivity index (χ2n) is 3.01. The standard InChI is InChI=1S/C9H10N4O2/c1-6-7(2-3-15-6)9(14)10-4-8-11-5-12-13-8/h2-3,5H,4H2,1H3,(H,10,14)(H,11,12,13). The number of nitrogens with one attached hydrogen (secondary N) is 2. The van der Waals surface area contributed by atoms with Crippen LogP contribution in [0.1, 0.15) is 21.9 Å². The average Bonchev–Trinajstić information content (AvgIpc) is 2.84. The van der Waals surface area contributed by atoms with Crippen molar-refractivity contribution >= 4 is 5.91 Å². The fraction of sp³-hybridized carbons (Fsp3) is 0.222. The molecule has 0 spiro atoms. The summed E-state index contributed by atoms with van der Waals surface area (Å²) in [6, 6.07) is 1.63. The van der Waals surface area contributed by atoms with E-state index >= 15 is 0 Å². The summed E-state index contributed by atoms with van der Waals surface area (Å²) in [5.74, 6) is 1.03. The van der Waals surface area contributed by atoms with Crippen LogP contribution < -0.4 is 5.32 Å². The molecule has 0 atom stereocenters. The lowest BCUT2D eigenvalue weighted by Gasteiger charge is -2.00. The van der Waals surface area contributed by atoms with Crippen LogP contribution in [0.3, 0.4) is 0 Å². The highest BCUT2D eigenvalue weighted by Crippen LogP contribution is 2.08. The molecule has 2 heterocycles. The van der Waals surface area contributed by atoms with Gasteiger partial charge < -0.3 is 9.73 Å². The first-order valence-electron chi connectivity index (χ1n) is 4.44. The van der Waals surface area contributed by atoms with Crippen molar-refractivity contribution < 1.29 is 9.21 Å². The molecule has 2 N–H and O–H groups in total. The fourth-order valence-electron chi connectivity index (χ4n) is 1.20. The van der Waals surface area contributed by atoms with Gasteiger partial charge in [-0.15, -0.1) is 0 Å². The summed E-state index contributed by atoms with van der Waals surface area (Å²) in [5.41, 5.74) is 0.537. The molecule has 0 saturated carbocycles. The van der Waals surface area contributed by atoms with Gasteiger partial charge in [0.2, 0.25) is 0 Å². The van der Waals surface area contributed by atoms with Crippen LogP contribution in [-0.4, -0.2) is 21.1 Å². The number of rotatable bonds is 3. The van der Waals surface area contributed by atoms with E-state index in [1.54, 1.807) is 13.0 Å². The molecule has 2 aromatic heterocycles. The second kappa shape index (κ2) is 3.95. The van der Waals surface area contributed by atoms with Crippen LogP contribution in [0.5, 0.6) is 0 Å². The Balaban J connectivity index is 1.96. The number of nitrogens with zero attached hydrogens (tertiary/aromatic N) is 2. The number of hydrogen-bond donors (Lipinski definition) is 2. The number of carbonyl (C=O) groups excluding carboxylic acids is 1. The third-order valence-corrected chi connectivity index (χ3v) is 1.98. The molecule has 0 aliphatic heterocycles. The molecule has 0 aliphatic rings. The number of hydrogen-bond acceptors (Lipinski definition) is 4. The molecular weight excluding hydrogens is 196 g/mol. The lowest BCUT2D eigenvalue weighted by molar-refractivity contribution is 0.0948. The Kier molecular flexibility index (Phi) is 2.49. The molecular formula is C9H10N4O2. The topological polar surface area (TPSA) is 83.8 Å². The maximum atomic E-state index is 11.6. The van der Waals surface area contributed by atoms with Gasteiger partial charge in [-0.25, -0.2) is 4.98 Å². The zero-order valence-corrected chi connectivity index (χ0v) is 8.15. The molecule has 0 aromatic carbocycles. The Bertz CT molecular complexity index is 446. The molecule has 0 fully saturated rings. The molecule has 2 aromatic rings. The summed E-state index contributed by atoms with van der Waals surface area (Å²) in [6.45, 7) is 2.06. The summed E-state index contributed by atoms with van der Waals surface area (Å²) < 4.78 is 5.03. The monoisotopic (exact) mass is 206 g/mol. The SMILES string of the molecule is Cc1occc1C(=O)NCc1ncn[nH]1. The maximum Gasteiger partial charge on any atom is 0.255 e. The summed E-state index contributed by atoms with van der Waals surface area (Å²) in [7, 11) is 0. The molecule has 0 radical (unpaired) electrons. The first-order chi connectivity index (χ1) is 7.27. The van der Waals surface area contributed by atoms with E-state index in [0.717, 1.165) is 0 Å². The lowest BCUT2D eigenvalue weighted by atomic mass is 10.2. The van der Waals surface area contributed by atoms with Gasteiger partial charge in [0.05, 0.1) is 18.4 Å². The first-order valence-corrected chi connectivity index (χ1v) is 4.44. The summed E-state index contributed by atoms with van der Waals surface area (Å²) in [4.78, 5) is 15.5. The van der Waals surface area contributed by atoms with Crippen LogP contribution in [0.25, 0.3) is 0 Å². The summed E-state index contributed by atoms with van der Waals surface area (Å²) in [6.07, 6.45) is 2.88. The molecule has 6 heteroatoms. The van der Waals surface area contributed by atoms with E-state index in [0.29, 0.717) is 23.7 Å². The number of aromatic nitrogens is 3. The number of amides is 1. The largest absolute Gasteiger partial charge is 0.469 e. The number of aromatic amines is 1. The highest BCUT2D eigenvalue weighted by atomic mass is 16.3. The second-order valence-corrected chi connectivity index (χ2v) is 3.01. The number of aryl methyl sites for hydroxylation is 1. The minimum atomic E-state index is -0.183. The van der Waals surface area contributed by atoms with Gasteiger partial charge in [-0.1, -0.05) is 0 Å². The molecule has 0 unspecified atom stereocenters. The van der Waals surface area contributed by atoms with Crippen LogP contribution in [0.4, 0.5) is 0 Å². The predicted molar refractivity (Wildman–Crippen MR) is 51.0 cm³/mol. The molecule has 2 rings (SSSR count). The Labute approximate surface area is 85.7 Å². The van der Waals surface area contributed by atoms with Crippen molar-refractivity contribution in [1.29, 1.82) is 0 Å². The quantitative estimate of drug-likeness (QED) is 0.771. The van der Waals surface area contributed by atoms with Gasteiger partial charge in [0.15, 0.2) is 0 Å². The lowest BCUT2D eigenvalue weighted by Crippen LogP contribution is -2.23. The number of H-pyrrole nitrogens is 1. The van der Waals surface area contributed by atoms with E-state index in [1.807, 2.05) is 0 Å². The molecule has 1 amide bonds. The van der Waals surface area contributed by atoms with Gasteiger partial charge in [-0.3, -0.25) is 9.89 Å². The van der Waals surface area contributed by atoms with Crippen LogP contribution >= 0.6 is 0 Å². The average molecular weight is 206 g/mol. The van der Waals surface area contributed by atoms with Crippen LogP contribution in [0.2, 0.25) is 0 Å². The summed E-state index contributed by atoms with van der Waals surface area (Å²) >= 11 is 0. The van der Waals surface area contributed by atoms with Crippen molar-refractivity contribution in [3.05, 3.63) is 35.8 Å². The minimum absolute atomic E-state index is 0.183. The van der Waals surface area contributed by atoms with Crippen molar-refractivity contribution in [2.75, 3.05) is 0 Å². The van der Waals surface area contributed by atoms with Crippen LogP contribution in [-0.2, 0) is 6.54 Å². The molecule has 0 bridgehead atoms. The van der Waals surface area contributed by atoms with Crippen molar-refractivity contribution in [3.63, 3.8) is 0 Å². The normalized spacial score (nSPS) is 10.2. The maximum absolute atomic E-state index is 11.6. The molecule has 0 saturated heterocycles. The zero-order valence-electron chi connectivity index (χ0n) is 8.15.